The summed E-state index contributed by atoms with van der Waals surface area (Å²) in [6.45, 7) is 6.81. The van der Waals surface area contributed by atoms with Crippen molar-refractivity contribution in [1.29, 1.82) is 0 Å². The van der Waals surface area contributed by atoms with Crippen molar-refractivity contribution in [2.24, 2.45) is 0 Å². The Hall–Kier alpha value is -2.60. The number of hydrogen-bond acceptors (Lipinski definition) is 0. The molecule has 0 saturated carbocycles. The van der Waals surface area contributed by atoms with E-state index in [0.717, 1.165) is 12.8 Å². The van der Waals surface area contributed by atoms with Crippen LogP contribution >= 0.6 is 0 Å². The molecular weight excluding hydrogens is 300 g/mol. The van der Waals surface area contributed by atoms with Crippen LogP contribution in [-0.4, -0.2) is 0 Å². The molecule has 0 saturated heterocycles. The number of benzene rings is 3. The monoisotopic (exact) mass is 322 g/mol. The second kappa shape index (κ2) is 5.20. The molecule has 0 nitrogen and oxygen atoms in total. The van der Waals surface area contributed by atoms with Gasteiger partial charge in [0.1, 0.15) is 0 Å². The van der Waals surface area contributed by atoms with Crippen molar-refractivity contribution in [3.05, 3.63) is 107 Å². The Kier molecular flexibility index (Phi) is 3.06. The smallest absolute Gasteiger partial charge is 0.0673 e. The van der Waals surface area contributed by atoms with E-state index < -0.39 is 0 Å². The van der Waals surface area contributed by atoms with Gasteiger partial charge in [-0.3, -0.25) is 0 Å². The summed E-state index contributed by atoms with van der Waals surface area (Å²) in [6.07, 6.45) is 3.40. The standard InChI is InChI=1S/C25H22/c1-17-14-15-24-21(16-17)20-11-4-6-13-23(20)25(24)18(2)8-7-10-19-9-3-5-12-22(19)25/h3-6,9,11-16H,2,7-8,10H2,1H3. The van der Waals surface area contributed by atoms with E-state index in [2.05, 4.69) is 80.2 Å². The Labute approximate surface area is 149 Å². The van der Waals surface area contributed by atoms with Crippen molar-refractivity contribution in [1.82, 2.24) is 0 Å². The van der Waals surface area contributed by atoms with Gasteiger partial charge in [-0.05, 0) is 59.6 Å². The second-order valence-corrected chi connectivity index (χ2v) is 7.46. The van der Waals surface area contributed by atoms with Crippen molar-refractivity contribution >= 4 is 0 Å². The molecule has 0 radical (unpaired) electrons. The van der Waals surface area contributed by atoms with Crippen LogP contribution in [0.3, 0.4) is 0 Å². The summed E-state index contributed by atoms with van der Waals surface area (Å²) >= 11 is 0. The van der Waals surface area contributed by atoms with Crippen LogP contribution in [0.1, 0.15) is 40.7 Å². The maximum absolute atomic E-state index is 4.63. The summed E-state index contributed by atoms with van der Waals surface area (Å²) < 4.78 is 0. The molecule has 2 aliphatic rings. The Balaban J connectivity index is 1.97. The van der Waals surface area contributed by atoms with Crippen molar-refractivity contribution in [3.63, 3.8) is 0 Å². The van der Waals surface area contributed by atoms with Crippen LogP contribution in [0.2, 0.25) is 0 Å². The minimum Gasteiger partial charge on any atom is -0.0983 e. The third-order valence-electron chi connectivity index (χ3n) is 6.08. The van der Waals surface area contributed by atoms with Gasteiger partial charge in [0.05, 0.1) is 5.41 Å². The SMILES string of the molecule is C=C1CCCc2ccccc2C12c1ccccc1-c1cc(C)ccc12. The van der Waals surface area contributed by atoms with Crippen molar-refractivity contribution < 1.29 is 0 Å². The molecule has 5 rings (SSSR count). The van der Waals surface area contributed by atoms with Gasteiger partial charge in [0.15, 0.2) is 0 Å². The zero-order valence-electron chi connectivity index (χ0n) is 14.7. The fourth-order valence-corrected chi connectivity index (χ4v) is 5.04. The summed E-state index contributed by atoms with van der Waals surface area (Å²) in [6, 6.07) is 24.9. The number of hydrogen-bond donors (Lipinski definition) is 0. The zero-order valence-corrected chi connectivity index (χ0v) is 14.7. The summed E-state index contributed by atoms with van der Waals surface area (Å²) in [5.41, 5.74) is 11.0. The molecule has 0 aromatic heterocycles. The van der Waals surface area contributed by atoms with Crippen molar-refractivity contribution in [3.8, 4) is 11.1 Å². The van der Waals surface area contributed by atoms with Gasteiger partial charge in [0.25, 0.3) is 0 Å². The molecule has 3 aromatic rings. The molecular formula is C25H22. The summed E-state index contributed by atoms with van der Waals surface area (Å²) in [5, 5.41) is 0. The Morgan fingerprint density at radius 1 is 0.760 bits per heavy atom. The molecule has 0 heteroatoms. The number of allylic oxidation sites excluding steroid dienone is 1. The molecule has 122 valence electrons. The Bertz CT molecular complexity index is 1010. The minimum absolute atomic E-state index is 0.188. The Morgan fingerprint density at radius 3 is 2.36 bits per heavy atom. The molecule has 0 heterocycles. The molecule has 25 heavy (non-hydrogen) atoms. The maximum atomic E-state index is 4.63. The van der Waals surface area contributed by atoms with Crippen LogP contribution in [0.15, 0.2) is 78.9 Å². The highest BCUT2D eigenvalue weighted by atomic mass is 14.5. The van der Waals surface area contributed by atoms with Crippen molar-refractivity contribution in [2.45, 2.75) is 31.6 Å². The molecule has 1 unspecified atom stereocenters. The van der Waals surface area contributed by atoms with Crippen LogP contribution in [0.5, 0.6) is 0 Å². The third-order valence-corrected chi connectivity index (χ3v) is 6.08. The number of aryl methyl sites for hydroxylation is 2. The highest BCUT2D eigenvalue weighted by Crippen LogP contribution is 2.58. The van der Waals surface area contributed by atoms with E-state index in [1.165, 1.54) is 50.9 Å². The highest BCUT2D eigenvalue weighted by Gasteiger charge is 2.47. The molecule has 2 aliphatic carbocycles. The van der Waals surface area contributed by atoms with Gasteiger partial charge in [0, 0.05) is 0 Å². The average molecular weight is 322 g/mol. The van der Waals surface area contributed by atoms with Crippen LogP contribution in [0.4, 0.5) is 0 Å². The van der Waals surface area contributed by atoms with Gasteiger partial charge in [-0.25, -0.2) is 0 Å². The average Bonchev–Trinajstić information content (AvgIpc) is 2.83. The fraction of sp³-hybridized carbons (Fsp3) is 0.200. The fourth-order valence-electron chi connectivity index (χ4n) is 5.04. The lowest BCUT2D eigenvalue weighted by molar-refractivity contribution is 0.707. The van der Waals surface area contributed by atoms with E-state index in [-0.39, 0.29) is 5.41 Å². The summed E-state index contributed by atoms with van der Waals surface area (Å²) in [4.78, 5) is 0. The minimum atomic E-state index is -0.188. The van der Waals surface area contributed by atoms with Gasteiger partial charge in [-0.1, -0.05) is 84.4 Å². The predicted molar refractivity (Wildman–Crippen MR) is 105 cm³/mol. The van der Waals surface area contributed by atoms with E-state index in [9.17, 15) is 0 Å². The first-order valence-corrected chi connectivity index (χ1v) is 9.20. The largest absolute Gasteiger partial charge is 0.0983 e. The summed E-state index contributed by atoms with van der Waals surface area (Å²) in [7, 11) is 0. The zero-order chi connectivity index (χ0) is 17.0. The third kappa shape index (κ3) is 1.83. The van der Waals surface area contributed by atoms with Crippen LogP contribution < -0.4 is 0 Å². The van der Waals surface area contributed by atoms with E-state index >= 15 is 0 Å². The number of rotatable bonds is 0. The normalized spacial score (nSPS) is 20.8. The molecule has 3 aromatic carbocycles. The van der Waals surface area contributed by atoms with E-state index in [4.69, 9.17) is 0 Å². The van der Waals surface area contributed by atoms with Crippen molar-refractivity contribution in [2.75, 3.05) is 0 Å². The summed E-state index contributed by atoms with van der Waals surface area (Å²) in [5.74, 6) is 0. The quantitative estimate of drug-likeness (QED) is 0.432. The first-order valence-electron chi connectivity index (χ1n) is 9.20. The topological polar surface area (TPSA) is 0 Å². The van der Waals surface area contributed by atoms with Gasteiger partial charge in [-0.15, -0.1) is 0 Å². The predicted octanol–water partition coefficient (Wildman–Crippen LogP) is 6.20. The lowest BCUT2D eigenvalue weighted by Gasteiger charge is -2.35. The first-order chi connectivity index (χ1) is 12.2. The molecule has 0 aliphatic heterocycles. The molecule has 1 atom stereocenters. The van der Waals surface area contributed by atoms with E-state index in [0.29, 0.717) is 0 Å². The van der Waals surface area contributed by atoms with E-state index in [1.54, 1.807) is 0 Å². The lowest BCUT2D eigenvalue weighted by Crippen LogP contribution is -2.29. The maximum Gasteiger partial charge on any atom is 0.0673 e. The molecule has 0 fully saturated rings. The van der Waals surface area contributed by atoms with Gasteiger partial charge < -0.3 is 0 Å². The second-order valence-electron chi connectivity index (χ2n) is 7.46. The first kappa shape index (κ1) is 14.7. The Morgan fingerprint density at radius 2 is 1.48 bits per heavy atom. The highest BCUT2D eigenvalue weighted by molar-refractivity contribution is 5.86. The van der Waals surface area contributed by atoms with Crippen LogP contribution in [0.25, 0.3) is 11.1 Å². The molecule has 0 amide bonds. The lowest BCUT2D eigenvalue weighted by atomic mass is 9.66. The van der Waals surface area contributed by atoms with Crippen LogP contribution in [-0.2, 0) is 11.8 Å². The van der Waals surface area contributed by atoms with Crippen LogP contribution in [0, 0.1) is 6.92 Å². The molecule has 0 N–H and O–H groups in total. The number of fused-ring (bicyclic) bond motifs is 7. The van der Waals surface area contributed by atoms with Gasteiger partial charge >= 0.3 is 0 Å². The van der Waals surface area contributed by atoms with Gasteiger partial charge in [-0.2, -0.15) is 0 Å². The molecule has 0 bridgehead atoms. The molecule has 1 spiro atoms. The van der Waals surface area contributed by atoms with E-state index in [1.807, 2.05) is 0 Å². The van der Waals surface area contributed by atoms with Gasteiger partial charge in [0.2, 0.25) is 0 Å².